The van der Waals surface area contributed by atoms with Crippen molar-refractivity contribution in [2.75, 3.05) is 6.54 Å². The Morgan fingerprint density at radius 3 is 2.75 bits per heavy atom. The molecule has 1 fully saturated rings. The second kappa shape index (κ2) is 7.72. The van der Waals surface area contributed by atoms with Gasteiger partial charge in [0.15, 0.2) is 0 Å². The number of ether oxygens (including phenoxy) is 1. The molecule has 0 aromatic heterocycles. The average Bonchev–Trinajstić information content (AvgIpc) is 2.77. The van der Waals surface area contributed by atoms with Crippen LogP contribution in [0.2, 0.25) is 5.02 Å². The number of imide groups is 1. The zero-order valence-corrected chi connectivity index (χ0v) is 14.7. The summed E-state index contributed by atoms with van der Waals surface area (Å²) in [6.45, 7) is 3.29. The van der Waals surface area contributed by atoms with E-state index in [4.69, 9.17) is 21.4 Å². The van der Waals surface area contributed by atoms with Gasteiger partial charge in [-0.15, -0.1) is 0 Å². The Morgan fingerprint density at radius 1 is 1.46 bits per heavy atom. The van der Waals surface area contributed by atoms with Gasteiger partial charge in [-0.1, -0.05) is 24.6 Å². The van der Waals surface area contributed by atoms with Gasteiger partial charge in [0.25, 0.3) is 11.1 Å². The van der Waals surface area contributed by atoms with Gasteiger partial charge in [0.2, 0.25) is 0 Å². The highest BCUT2D eigenvalue weighted by atomic mass is 35.5. The second-order valence-electron chi connectivity index (χ2n) is 5.19. The summed E-state index contributed by atoms with van der Waals surface area (Å²) in [6.07, 6.45) is 2.38. The van der Waals surface area contributed by atoms with Crippen molar-refractivity contribution in [1.29, 1.82) is 0 Å². The third-order valence-electron chi connectivity index (χ3n) is 3.32. The topological polar surface area (TPSA) is 83.9 Å². The minimum absolute atomic E-state index is 0.0286. The van der Waals surface area contributed by atoms with Crippen LogP contribution in [0.4, 0.5) is 4.79 Å². The molecule has 0 bridgehead atoms. The molecule has 1 heterocycles. The number of nitrogens with zero attached hydrogens (tertiary/aromatic N) is 1. The summed E-state index contributed by atoms with van der Waals surface area (Å²) in [5, 5.41) is 8.53. The summed E-state index contributed by atoms with van der Waals surface area (Å²) < 4.78 is 5.67. The Labute approximate surface area is 148 Å². The minimum Gasteiger partial charge on any atom is -0.489 e. The number of hydrogen-bond donors (Lipinski definition) is 1. The van der Waals surface area contributed by atoms with Crippen molar-refractivity contribution in [1.82, 2.24) is 4.90 Å². The molecule has 8 heteroatoms. The molecule has 1 atom stereocenters. The monoisotopic (exact) mass is 369 g/mol. The van der Waals surface area contributed by atoms with Crippen LogP contribution in [0.15, 0.2) is 23.1 Å². The number of carboxylic acid groups (broad SMARTS) is 1. The predicted octanol–water partition coefficient (Wildman–Crippen LogP) is 3.64. The standard InChI is InChI=1S/C16H16ClNO5S/c1-3-9(2)23-12-5-4-10(6-11(12)17)7-13-15(21)18(8-14(19)20)16(22)24-13/h4-7,9H,3,8H2,1-2H3,(H,19,20)/b13-7-/t9-/m0/s1. The summed E-state index contributed by atoms with van der Waals surface area (Å²) in [5.74, 6) is -1.32. The van der Waals surface area contributed by atoms with Crippen LogP contribution in [0.3, 0.4) is 0 Å². The maximum absolute atomic E-state index is 12.1. The first kappa shape index (κ1) is 18.4. The number of carbonyl (C=O) groups is 3. The number of carboxylic acids is 1. The molecule has 1 saturated heterocycles. The van der Waals surface area contributed by atoms with Crippen molar-refractivity contribution in [3.05, 3.63) is 33.7 Å². The summed E-state index contributed by atoms with van der Waals surface area (Å²) >= 11 is 6.88. The van der Waals surface area contributed by atoms with E-state index >= 15 is 0 Å². The highest BCUT2D eigenvalue weighted by molar-refractivity contribution is 8.18. The van der Waals surface area contributed by atoms with E-state index in [1.54, 1.807) is 18.2 Å². The largest absolute Gasteiger partial charge is 0.489 e. The molecule has 0 unspecified atom stereocenters. The first-order valence-corrected chi connectivity index (χ1v) is 8.44. The van der Waals surface area contributed by atoms with Crippen LogP contribution in [0, 0.1) is 0 Å². The molecule has 1 aliphatic rings. The van der Waals surface area contributed by atoms with Crippen LogP contribution in [-0.2, 0) is 9.59 Å². The lowest BCUT2D eigenvalue weighted by Gasteiger charge is -2.14. The molecule has 1 aromatic rings. The lowest BCUT2D eigenvalue weighted by molar-refractivity contribution is -0.140. The Hall–Kier alpha value is -1.99. The van der Waals surface area contributed by atoms with Crippen molar-refractivity contribution in [3.63, 3.8) is 0 Å². The molecular weight excluding hydrogens is 354 g/mol. The predicted molar refractivity (Wildman–Crippen MR) is 92.1 cm³/mol. The highest BCUT2D eigenvalue weighted by Gasteiger charge is 2.36. The van der Waals surface area contributed by atoms with E-state index < -0.39 is 23.7 Å². The third-order valence-corrected chi connectivity index (χ3v) is 4.53. The van der Waals surface area contributed by atoms with Gasteiger partial charge in [-0.25, -0.2) is 0 Å². The van der Waals surface area contributed by atoms with Gasteiger partial charge in [-0.2, -0.15) is 0 Å². The number of halogens is 1. The molecule has 0 saturated carbocycles. The molecule has 6 nitrogen and oxygen atoms in total. The molecule has 0 radical (unpaired) electrons. The number of rotatable bonds is 6. The van der Waals surface area contributed by atoms with Crippen LogP contribution < -0.4 is 4.74 Å². The number of carbonyl (C=O) groups excluding carboxylic acids is 2. The lowest BCUT2D eigenvalue weighted by atomic mass is 10.2. The van der Waals surface area contributed by atoms with Gasteiger partial charge >= 0.3 is 5.97 Å². The molecule has 24 heavy (non-hydrogen) atoms. The first-order chi connectivity index (χ1) is 11.3. The molecule has 1 aliphatic heterocycles. The van der Waals surface area contributed by atoms with Crippen molar-refractivity contribution >= 4 is 46.6 Å². The molecule has 2 rings (SSSR count). The zero-order chi connectivity index (χ0) is 17.9. The van der Waals surface area contributed by atoms with E-state index in [-0.39, 0.29) is 11.0 Å². The fraction of sp³-hybridized carbons (Fsp3) is 0.312. The van der Waals surface area contributed by atoms with E-state index in [0.29, 0.717) is 33.0 Å². The fourth-order valence-electron chi connectivity index (χ4n) is 1.93. The number of amides is 2. The van der Waals surface area contributed by atoms with Gasteiger partial charge in [0.05, 0.1) is 16.0 Å². The van der Waals surface area contributed by atoms with E-state index in [0.717, 1.165) is 6.42 Å². The van der Waals surface area contributed by atoms with Gasteiger partial charge in [-0.3, -0.25) is 19.3 Å². The van der Waals surface area contributed by atoms with Crippen molar-refractivity contribution in [2.24, 2.45) is 0 Å². The number of benzene rings is 1. The summed E-state index contributed by atoms with van der Waals surface area (Å²) in [4.78, 5) is 35.4. The number of thioether (sulfide) groups is 1. The first-order valence-electron chi connectivity index (χ1n) is 7.25. The van der Waals surface area contributed by atoms with Crippen molar-refractivity contribution in [3.8, 4) is 5.75 Å². The number of aliphatic carboxylic acids is 1. The van der Waals surface area contributed by atoms with E-state index in [9.17, 15) is 14.4 Å². The van der Waals surface area contributed by atoms with E-state index in [1.807, 2.05) is 13.8 Å². The summed E-state index contributed by atoms with van der Waals surface area (Å²) in [7, 11) is 0. The van der Waals surface area contributed by atoms with Gasteiger partial charge in [-0.05, 0) is 48.9 Å². The zero-order valence-electron chi connectivity index (χ0n) is 13.1. The van der Waals surface area contributed by atoms with E-state index in [1.165, 1.54) is 6.08 Å². The Kier molecular flexibility index (Phi) is 5.90. The minimum atomic E-state index is -1.24. The fourth-order valence-corrected chi connectivity index (χ4v) is 3.00. The maximum Gasteiger partial charge on any atom is 0.323 e. The molecular formula is C16H16ClNO5S. The van der Waals surface area contributed by atoms with Crippen LogP contribution in [0.1, 0.15) is 25.8 Å². The molecule has 0 aliphatic carbocycles. The highest BCUT2D eigenvalue weighted by Crippen LogP contribution is 2.33. The quantitative estimate of drug-likeness (QED) is 0.771. The average molecular weight is 370 g/mol. The summed E-state index contributed by atoms with van der Waals surface area (Å²) in [6, 6.07) is 5.04. The SMILES string of the molecule is CC[C@H](C)Oc1ccc(/C=C2\SC(=O)N(CC(=O)O)C2=O)cc1Cl. The summed E-state index contributed by atoms with van der Waals surface area (Å²) in [5.41, 5.74) is 0.623. The number of hydrogen-bond acceptors (Lipinski definition) is 5. The van der Waals surface area contributed by atoms with Crippen molar-refractivity contribution in [2.45, 2.75) is 26.4 Å². The maximum atomic E-state index is 12.1. The van der Waals surface area contributed by atoms with E-state index in [2.05, 4.69) is 0 Å². The van der Waals surface area contributed by atoms with Crippen LogP contribution in [0.25, 0.3) is 6.08 Å². The normalized spacial score (nSPS) is 17.5. The van der Waals surface area contributed by atoms with Gasteiger partial charge in [0, 0.05) is 0 Å². The molecule has 128 valence electrons. The molecule has 1 aromatic carbocycles. The van der Waals surface area contributed by atoms with Crippen LogP contribution in [-0.4, -0.2) is 39.8 Å². The molecule has 1 N–H and O–H groups in total. The van der Waals surface area contributed by atoms with Gasteiger partial charge in [0.1, 0.15) is 12.3 Å². The lowest BCUT2D eigenvalue weighted by Crippen LogP contribution is -2.33. The molecule has 2 amide bonds. The Bertz CT molecular complexity index is 718. The van der Waals surface area contributed by atoms with Crippen LogP contribution >= 0.6 is 23.4 Å². The second-order valence-corrected chi connectivity index (χ2v) is 6.59. The van der Waals surface area contributed by atoms with Crippen LogP contribution in [0.5, 0.6) is 5.75 Å². The smallest absolute Gasteiger partial charge is 0.323 e. The third kappa shape index (κ3) is 4.30. The van der Waals surface area contributed by atoms with Crippen molar-refractivity contribution < 1.29 is 24.2 Å². The Morgan fingerprint density at radius 2 is 2.17 bits per heavy atom. The molecule has 0 spiro atoms. The Balaban J connectivity index is 2.19. The van der Waals surface area contributed by atoms with Gasteiger partial charge < -0.3 is 9.84 Å².